The molecule has 0 bridgehead atoms. The maximum atomic E-state index is 15.1. The summed E-state index contributed by atoms with van der Waals surface area (Å²) in [5.41, 5.74) is 2.28. The normalized spacial score (nSPS) is 14.0. The molecule has 5 rings (SSSR count). The van der Waals surface area contributed by atoms with Crippen molar-refractivity contribution in [2.45, 2.75) is 0 Å². The smallest absolute Gasteiger partial charge is 0.247 e. The first-order valence-corrected chi connectivity index (χ1v) is 12.0. The zero-order chi connectivity index (χ0) is 26.6. The SMILES string of the molecule is C=CC(=O)Nc1cccc(-n2cnc3cnc(Nc4ccc(N5CCN(CCO)CC5)c(F)c4F)nc32)c1. The zero-order valence-electron chi connectivity index (χ0n) is 20.4. The van der Waals surface area contributed by atoms with Gasteiger partial charge in [-0.1, -0.05) is 12.6 Å². The summed E-state index contributed by atoms with van der Waals surface area (Å²) in [6.07, 6.45) is 4.23. The Kier molecular flexibility index (Phi) is 7.24. The minimum Gasteiger partial charge on any atom is -0.395 e. The Morgan fingerprint density at radius 1 is 1.11 bits per heavy atom. The number of anilines is 4. The van der Waals surface area contributed by atoms with Crippen molar-refractivity contribution in [1.29, 1.82) is 0 Å². The molecule has 1 amide bonds. The van der Waals surface area contributed by atoms with Gasteiger partial charge in [0.25, 0.3) is 0 Å². The van der Waals surface area contributed by atoms with Crippen molar-refractivity contribution < 1.29 is 18.7 Å². The van der Waals surface area contributed by atoms with Gasteiger partial charge in [0.1, 0.15) is 11.8 Å². The number of benzene rings is 2. The molecular weight excluding hydrogens is 494 g/mol. The van der Waals surface area contributed by atoms with E-state index in [9.17, 15) is 4.79 Å². The van der Waals surface area contributed by atoms with Crippen molar-refractivity contribution in [2.24, 2.45) is 0 Å². The van der Waals surface area contributed by atoms with Gasteiger partial charge in [0.15, 0.2) is 17.3 Å². The third-order valence-corrected chi connectivity index (χ3v) is 6.31. The van der Waals surface area contributed by atoms with Crippen molar-refractivity contribution in [2.75, 3.05) is 54.9 Å². The lowest BCUT2D eigenvalue weighted by atomic mass is 10.2. The van der Waals surface area contributed by atoms with Crippen LogP contribution in [0.15, 0.2) is 61.6 Å². The fraction of sp³-hybridized carbons (Fsp3) is 0.231. The molecule has 10 nitrogen and oxygen atoms in total. The fourth-order valence-electron chi connectivity index (χ4n) is 4.34. The topological polar surface area (TPSA) is 111 Å². The lowest BCUT2D eigenvalue weighted by Gasteiger charge is -2.36. The molecule has 1 aliphatic rings. The molecule has 0 aliphatic carbocycles. The third kappa shape index (κ3) is 5.17. The van der Waals surface area contributed by atoms with E-state index in [2.05, 4.69) is 37.1 Å². The van der Waals surface area contributed by atoms with E-state index in [0.717, 1.165) is 0 Å². The molecule has 0 atom stereocenters. The molecule has 2 aromatic heterocycles. The average Bonchev–Trinajstić information content (AvgIpc) is 3.36. The van der Waals surface area contributed by atoms with Gasteiger partial charge in [0.2, 0.25) is 11.9 Å². The first kappa shape index (κ1) is 25.2. The average molecular weight is 521 g/mol. The molecular formula is C26H26F2N8O2. The molecule has 3 N–H and O–H groups in total. The van der Waals surface area contributed by atoms with Crippen LogP contribution in [0, 0.1) is 11.6 Å². The number of hydrogen-bond acceptors (Lipinski definition) is 8. The monoisotopic (exact) mass is 520 g/mol. The second-order valence-electron chi connectivity index (χ2n) is 8.70. The molecule has 3 heterocycles. The van der Waals surface area contributed by atoms with Gasteiger partial charge in [0, 0.05) is 38.4 Å². The number of carbonyl (C=O) groups is 1. The minimum atomic E-state index is -1.02. The third-order valence-electron chi connectivity index (χ3n) is 6.31. The maximum absolute atomic E-state index is 15.1. The van der Waals surface area contributed by atoms with Crippen LogP contribution in [0.3, 0.4) is 0 Å². The van der Waals surface area contributed by atoms with Gasteiger partial charge < -0.3 is 20.6 Å². The number of nitrogens with one attached hydrogen (secondary N) is 2. The van der Waals surface area contributed by atoms with Gasteiger partial charge in [-0.25, -0.2) is 18.7 Å². The molecule has 1 fully saturated rings. The van der Waals surface area contributed by atoms with Crippen LogP contribution in [0.25, 0.3) is 16.9 Å². The highest BCUT2D eigenvalue weighted by Gasteiger charge is 2.23. The van der Waals surface area contributed by atoms with Gasteiger partial charge in [0.05, 0.1) is 29.9 Å². The predicted molar refractivity (Wildman–Crippen MR) is 141 cm³/mol. The molecule has 196 valence electrons. The molecule has 2 aromatic carbocycles. The van der Waals surface area contributed by atoms with E-state index in [-0.39, 0.29) is 29.8 Å². The Balaban J connectivity index is 1.37. The largest absolute Gasteiger partial charge is 0.395 e. The number of piperazine rings is 1. The number of halogens is 2. The van der Waals surface area contributed by atoms with Crippen LogP contribution in [-0.4, -0.2) is 74.8 Å². The number of carbonyl (C=O) groups excluding carboxylic acids is 1. The molecule has 4 aromatic rings. The number of aliphatic hydroxyl groups is 1. The first-order chi connectivity index (χ1) is 18.5. The number of imidazole rings is 1. The molecule has 0 radical (unpaired) electrons. The van der Waals surface area contributed by atoms with E-state index >= 15 is 8.78 Å². The summed E-state index contributed by atoms with van der Waals surface area (Å²) in [5, 5.41) is 14.6. The predicted octanol–water partition coefficient (Wildman–Crippen LogP) is 3.08. The summed E-state index contributed by atoms with van der Waals surface area (Å²) >= 11 is 0. The van der Waals surface area contributed by atoms with Crippen LogP contribution in [-0.2, 0) is 4.79 Å². The number of β-amino-alcohol motifs (C(OH)–C–C–N with tert-alkyl or cyclic N) is 1. The van der Waals surface area contributed by atoms with Gasteiger partial charge in [-0.2, -0.15) is 4.98 Å². The Morgan fingerprint density at radius 3 is 2.68 bits per heavy atom. The van der Waals surface area contributed by atoms with Crippen molar-refractivity contribution in [3.8, 4) is 5.69 Å². The zero-order valence-corrected chi connectivity index (χ0v) is 20.4. The second-order valence-corrected chi connectivity index (χ2v) is 8.70. The van der Waals surface area contributed by atoms with Crippen LogP contribution in [0.2, 0.25) is 0 Å². The van der Waals surface area contributed by atoms with E-state index in [1.807, 2.05) is 6.07 Å². The minimum absolute atomic E-state index is 0.0678. The van der Waals surface area contributed by atoms with E-state index < -0.39 is 11.6 Å². The van der Waals surface area contributed by atoms with Crippen LogP contribution in [0.5, 0.6) is 0 Å². The molecule has 1 saturated heterocycles. The number of hydrogen-bond donors (Lipinski definition) is 3. The Hall–Kier alpha value is -4.42. The summed E-state index contributed by atoms with van der Waals surface area (Å²) in [5.74, 6) is -2.24. The molecule has 12 heteroatoms. The Labute approximate surface area is 217 Å². The highest BCUT2D eigenvalue weighted by atomic mass is 19.2. The second kappa shape index (κ2) is 10.9. The van der Waals surface area contributed by atoms with Crippen molar-refractivity contribution in [1.82, 2.24) is 24.4 Å². The maximum Gasteiger partial charge on any atom is 0.247 e. The van der Waals surface area contributed by atoms with Crippen molar-refractivity contribution in [3.63, 3.8) is 0 Å². The van der Waals surface area contributed by atoms with Crippen LogP contribution in [0.4, 0.5) is 31.8 Å². The summed E-state index contributed by atoms with van der Waals surface area (Å²) in [7, 11) is 0. The number of aliphatic hydroxyl groups excluding tert-OH is 1. The van der Waals surface area contributed by atoms with E-state index in [0.29, 0.717) is 55.3 Å². The number of aromatic nitrogens is 4. The molecule has 0 unspecified atom stereocenters. The Bertz CT molecular complexity index is 1480. The number of fused-ring (bicyclic) bond motifs is 1. The van der Waals surface area contributed by atoms with Gasteiger partial charge >= 0.3 is 0 Å². The van der Waals surface area contributed by atoms with E-state index in [1.54, 1.807) is 34.0 Å². The Morgan fingerprint density at radius 2 is 1.92 bits per heavy atom. The first-order valence-electron chi connectivity index (χ1n) is 12.0. The molecule has 1 aliphatic heterocycles. The quantitative estimate of drug-likeness (QED) is 0.304. The number of amides is 1. The molecule has 0 spiro atoms. The summed E-state index contributed by atoms with van der Waals surface area (Å²) in [6, 6.07) is 10.1. The molecule has 38 heavy (non-hydrogen) atoms. The summed E-state index contributed by atoms with van der Waals surface area (Å²) in [4.78, 5) is 28.5. The van der Waals surface area contributed by atoms with Crippen LogP contribution >= 0.6 is 0 Å². The summed E-state index contributed by atoms with van der Waals surface area (Å²) < 4.78 is 31.8. The number of rotatable bonds is 8. The molecule has 0 saturated carbocycles. The lowest BCUT2D eigenvalue weighted by molar-refractivity contribution is -0.111. The van der Waals surface area contributed by atoms with Crippen LogP contribution in [0.1, 0.15) is 0 Å². The van der Waals surface area contributed by atoms with Gasteiger partial charge in [-0.15, -0.1) is 0 Å². The van der Waals surface area contributed by atoms with Crippen LogP contribution < -0.4 is 15.5 Å². The highest BCUT2D eigenvalue weighted by molar-refractivity contribution is 5.99. The standard InChI is InChI=1S/C26H26F2N8O2/c1-2-22(38)31-17-4-3-5-18(14-17)36-16-30-20-15-29-26(33-25(20)36)32-19-6-7-21(24(28)23(19)27)35-10-8-34(9-11-35)12-13-37/h2-7,14-16,37H,1,8-13H2,(H,31,38)(H,29,32,33). The van der Waals surface area contributed by atoms with Gasteiger partial charge in [-0.3, -0.25) is 14.3 Å². The lowest BCUT2D eigenvalue weighted by Crippen LogP contribution is -2.47. The van der Waals surface area contributed by atoms with E-state index in [4.69, 9.17) is 5.11 Å². The summed E-state index contributed by atoms with van der Waals surface area (Å²) in [6.45, 7) is 6.47. The van der Waals surface area contributed by atoms with Crippen molar-refractivity contribution in [3.05, 3.63) is 73.2 Å². The van der Waals surface area contributed by atoms with Gasteiger partial charge in [-0.05, 0) is 36.4 Å². The van der Waals surface area contributed by atoms with E-state index in [1.165, 1.54) is 24.4 Å². The fourth-order valence-corrected chi connectivity index (χ4v) is 4.34. The number of nitrogens with zero attached hydrogens (tertiary/aromatic N) is 6. The highest BCUT2D eigenvalue weighted by Crippen LogP contribution is 2.29. The van der Waals surface area contributed by atoms with Crippen molar-refractivity contribution >= 4 is 40.1 Å².